The number of carbonyl (C=O) groups excluding carboxylic acids is 1. The lowest BCUT2D eigenvalue weighted by atomic mass is 10.1. The topological polar surface area (TPSA) is 72.2 Å². The summed E-state index contributed by atoms with van der Waals surface area (Å²) in [5.41, 5.74) is 1.42. The van der Waals surface area contributed by atoms with Crippen LogP contribution in [0, 0.1) is 0 Å². The zero-order valence-corrected chi connectivity index (χ0v) is 14.2. The van der Waals surface area contributed by atoms with Crippen molar-refractivity contribution in [3.8, 4) is 11.3 Å². The third-order valence-electron chi connectivity index (χ3n) is 4.03. The van der Waals surface area contributed by atoms with E-state index in [0.717, 1.165) is 17.7 Å². The molecule has 0 radical (unpaired) electrons. The van der Waals surface area contributed by atoms with Crippen molar-refractivity contribution in [2.75, 3.05) is 5.32 Å². The van der Waals surface area contributed by atoms with Gasteiger partial charge in [-0.25, -0.2) is 0 Å². The summed E-state index contributed by atoms with van der Waals surface area (Å²) in [6.07, 6.45) is -3.04. The van der Waals surface area contributed by atoms with E-state index in [4.69, 9.17) is 0 Å². The van der Waals surface area contributed by atoms with Gasteiger partial charge in [0.1, 0.15) is 6.33 Å². The summed E-state index contributed by atoms with van der Waals surface area (Å²) in [6, 6.07) is 14.6. The van der Waals surface area contributed by atoms with Crippen LogP contribution in [0.2, 0.25) is 0 Å². The highest BCUT2D eigenvalue weighted by atomic mass is 19.4. The number of halogens is 3. The molecular weight excluding hydrogens is 371 g/mol. The number of aromatic nitrogens is 4. The maximum Gasteiger partial charge on any atom is 0.416 e. The predicted octanol–water partition coefficient (Wildman–Crippen LogP) is 4.06. The molecule has 2 aromatic carbocycles. The first-order valence-corrected chi connectivity index (χ1v) is 8.16. The highest BCUT2D eigenvalue weighted by molar-refractivity contribution is 6.04. The first-order valence-electron chi connectivity index (χ1n) is 8.16. The molecule has 140 valence electrons. The molecule has 4 rings (SSSR count). The van der Waals surface area contributed by atoms with Gasteiger partial charge in [-0.1, -0.05) is 18.2 Å². The SMILES string of the molecule is O=C(Nc1cccc(-c2ccc3nncn3n2)c1)c1cccc(C(F)(F)F)c1. The van der Waals surface area contributed by atoms with Gasteiger partial charge < -0.3 is 5.32 Å². The lowest BCUT2D eigenvalue weighted by Gasteiger charge is -2.10. The van der Waals surface area contributed by atoms with Crippen molar-refractivity contribution in [1.29, 1.82) is 0 Å². The molecule has 1 amide bonds. The second-order valence-corrected chi connectivity index (χ2v) is 5.97. The van der Waals surface area contributed by atoms with Crippen molar-refractivity contribution in [2.24, 2.45) is 0 Å². The maximum atomic E-state index is 12.8. The van der Waals surface area contributed by atoms with Crippen LogP contribution in [0.1, 0.15) is 15.9 Å². The molecule has 0 aliphatic heterocycles. The van der Waals surface area contributed by atoms with E-state index in [1.807, 2.05) is 0 Å². The van der Waals surface area contributed by atoms with E-state index in [2.05, 4.69) is 20.6 Å². The van der Waals surface area contributed by atoms with Gasteiger partial charge in [-0.05, 0) is 42.5 Å². The molecule has 0 fully saturated rings. The number of benzene rings is 2. The molecule has 28 heavy (non-hydrogen) atoms. The third-order valence-corrected chi connectivity index (χ3v) is 4.03. The highest BCUT2D eigenvalue weighted by Crippen LogP contribution is 2.30. The van der Waals surface area contributed by atoms with Crippen LogP contribution >= 0.6 is 0 Å². The van der Waals surface area contributed by atoms with Crippen LogP contribution in [0.5, 0.6) is 0 Å². The number of hydrogen-bond acceptors (Lipinski definition) is 4. The number of alkyl halides is 3. The molecule has 2 aromatic heterocycles. The molecule has 0 spiro atoms. The van der Waals surface area contributed by atoms with Crippen LogP contribution < -0.4 is 5.32 Å². The van der Waals surface area contributed by atoms with E-state index in [9.17, 15) is 18.0 Å². The number of anilines is 1. The predicted molar refractivity (Wildman–Crippen MR) is 95.6 cm³/mol. The number of rotatable bonds is 3. The molecule has 2 heterocycles. The quantitative estimate of drug-likeness (QED) is 0.579. The number of nitrogens with zero attached hydrogens (tertiary/aromatic N) is 4. The van der Waals surface area contributed by atoms with Gasteiger partial charge in [0.05, 0.1) is 11.3 Å². The first-order chi connectivity index (χ1) is 13.4. The lowest BCUT2D eigenvalue weighted by Crippen LogP contribution is -2.14. The van der Waals surface area contributed by atoms with Gasteiger partial charge in [-0.2, -0.15) is 22.8 Å². The summed E-state index contributed by atoms with van der Waals surface area (Å²) < 4.78 is 40.0. The standard InChI is InChI=1S/C19H12F3N5O/c20-19(21,22)14-5-1-4-13(9-14)18(28)24-15-6-2-3-12(10-15)16-7-8-17-25-23-11-27(17)26-16/h1-11H,(H,24,28). The number of fused-ring (bicyclic) bond motifs is 1. The van der Waals surface area contributed by atoms with Gasteiger partial charge in [0.2, 0.25) is 0 Å². The molecule has 4 aromatic rings. The van der Waals surface area contributed by atoms with Crippen LogP contribution in [0.15, 0.2) is 67.0 Å². The van der Waals surface area contributed by atoms with E-state index in [1.54, 1.807) is 36.4 Å². The Kier molecular flexibility index (Phi) is 4.26. The summed E-state index contributed by atoms with van der Waals surface area (Å²) in [4.78, 5) is 12.4. The molecule has 0 unspecified atom stereocenters. The minimum atomic E-state index is -4.51. The summed E-state index contributed by atoms with van der Waals surface area (Å²) in [6.45, 7) is 0. The van der Waals surface area contributed by atoms with Crippen LogP contribution in [-0.2, 0) is 6.18 Å². The molecule has 0 aliphatic rings. The minimum absolute atomic E-state index is 0.0794. The lowest BCUT2D eigenvalue weighted by molar-refractivity contribution is -0.137. The Balaban J connectivity index is 1.59. The zero-order chi connectivity index (χ0) is 19.7. The van der Waals surface area contributed by atoms with Crippen LogP contribution in [-0.4, -0.2) is 25.7 Å². The summed E-state index contributed by atoms with van der Waals surface area (Å²) >= 11 is 0. The van der Waals surface area contributed by atoms with Crippen LogP contribution in [0.25, 0.3) is 16.9 Å². The second kappa shape index (κ2) is 6.76. The van der Waals surface area contributed by atoms with E-state index < -0.39 is 17.6 Å². The average Bonchev–Trinajstić information content (AvgIpc) is 3.15. The fourth-order valence-electron chi connectivity index (χ4n) is 2.68. The monoisotopic (exact) mass is 383 g/mol. The number of nitrogens with one attached hydrogen (secondary N) is 1. The highest BCUT2D eigenvalue weighted by Gasteiger charge is 2.30. The van der Waals surface area contributed by atoms with Gasteiger partial charge >= 0.3 is 6.18 Å². The minimum Gasteiger partial charge on any atom is -0.322 e. The van der Waals surface area contributed by atoms with Crippen molar-refractivity contribution in [1.82, 2.24) is 19.8 Å². The Morgan fingerprint density at radius 1 is 1.00 bits per heavy atom. The van der Waals surface area contributed by atoms with Crippen molar-refractivity contribution in [3.63, 3.8) is 0 Å². The second-order valence-electron chi connectivity index (χ2n) is 5.97. The molecule has 0 saturated carbocycles. The normalized spacial score (nSPS) is 11.5. The fourth-order valence-corrected chi connectivity index (χ4v) is 2.68. The summed E-state index contributed by atoms with van der Waals surface area (Å²) in [5.74, 6) is -0.634. The Bertz CT molecular complexity index is 1170. The molecule has 0 bridgehead atoms. The van der Waals surface area contributed by atoms with Crippen molar-refractivity contribution >= 4 is 17.2 Å². The maximum absolute atomic E-state index is 12.8. The van der Waals surface area contributed by atoms with Crippen molar-refractivity contribution in [3.05, 3.63) is 78.1 Å². The van der Waals surface area contributed by atoms with E-state index in [1.165, 1.54) is 23.0 Å². The fraction of sp³-hybridized carbons (Fsp3) is 0.0526. The van der Waals surface area contributed by atoms with Crippen LogP contribution in [0.4, 0.5) is 18.9 Å². The first kappa shape index (κ1) is 17.7. The Morgan fingerprint density at radius 3 is 2.64 bits per heavy atom. The van der Waals surface area contributed by atoms with E-state index in [0.29, 0.717) is 17.0 Å². The zero-order valence-electron chi connectivity index (χ0n) is 14.2. The largest absolute Gasteiger partial charge is 0.416 e. The smallest absolute Gasteiger partial charge is 0.322 e. The molecule has 0 aliphatic carbocycles. The number of amides is 1. The van der Waals surface area contributed by atoms with Gasteiger partial charge in [0.15, 0.2) is 5.65 Å². The number of carbonyl (C=O) groups is 1. The van der Waals surface area contributed by atoms with E-state index in [-0.39, 0.29) is 5.56 Å². The summed E-state index contributed by atoms with van der Waals surface area (Å²) in [7, 11) is 0. The molecule has 9 heteroatoms. The Morgan fingerprint density at radius 2 is 1.82 bits per heavy atom. The summed E-state index contributed by atoms with van der Waals surface area (Å²) in [5, 5.41) is 14.6. The molecule has 1 N–H and O–H groups in total. The Hall–Kier alpha value is -3.75. The van der Waals surface area contributed by atoms with Gasteiger partial charge in [0, 0.05) is 16.8 Å². The molecule has 0 saturated heterocycles. The molecule has 0 atom stereocenters. The van der Waals surface area contributed by atoms with E-state index >= 15 is 0 Å². The third kappa shape index (κ3) is 3.54. The van der Waals surface area contributed by atoms with Gasteiger partial charge in [-0.3, -0.25) is 4.79 Å². The average molecular weight is 383 g/mol. The van der Waals surface area contributed by atoms with Gasteiger partial charge in [0.25, 0.3) is 5.91 Å². The van der Waals surface area contributed by atoms with Gasteiger partial charge in [-0.15, -0.1) is 10.2 Å². The number of hydrogen-bond donors (Lipinski definition) is 1. The molecular formula is C19H12F3N5O. The van der Waals surface area contributed by atoms with Crippen molar-refractivity contribution < 1.29 is 18.0 Å². The van der Waals surface area contributed by atoms with Crippen LogP contribution in [0.3, 0.4) is 0 Å². The Labute approximate surface area is 156 Å². The van der Waals surface area contributed by atoms with Crippen molar-refractivity contribution in [2.45, 2.75) is 6.18 Å². The molecule has 6 nitrogen and oxygen atoms in total.